The fourth-order valence-electron chi connectivity index (χ4n) is 3.54. The van der Waals surface area contributed by atoms with Gasteiger partial charge in [0, 0.05) is 51.8 Å². The van der Waals surface area contributed by atoms with Crippen molar-refractivity contribution in [3.05, 3.63) is 60.2 Å². The Labute approximate surface area is 218 Å². The first kappa shape index (κ1) is 32.1. The first-order chi connectivity index (χ1) is 17.5. The number of aliphatic hydroxyl groups excluding tert-OH is 2. The second kappa shape index (κ2) is 21.2. The Bertz CT molecular complexity index is 693. The molecule has 0 aliphatic carbocycles. The summed E-state index contributed by atoms with van der Waals surface area (Å²) in [5.74, 6) is 0. The van der Waals surface area contributed by atoms with Gasteiger partial charge in [-0.05, 0) is 50.2 Å². The molecule has 0 aromatic carbocycles. The van der Waals surface area contributed by atoms with E-state index in [1.54, 1.807) is 12.4 Å². The number of aromatic nitrogens is 2. The molecule has 8 nitrogen and oxygen atoms in total. The van der Waals surface area contributed by atoms with Crippen molar-refractivity contribution in [1.29, 1.82) is 0 Å². The van der Waals surface area contributed by atoms with E-state index >= 15 is 0 Å². The molecule has 2 atom stereocenters. The van der Waals surface area contributed by atoms with Crippen LogP contribution < -0.4 is 0 Å². The van der Waals surface area contributed by atoms with Crippen molar-refractivity contribution >= 4 is 0 Å². The van der Waals surface area contributed by atoms with E-state index < -0.39 is 6.10 Å². The first-order valence-electron chi connectivity index (χ1n) is 13.3. The van der Waals surface area contributed by atoms with Gasteiger partial charge in [-0.1, -0.05) is 39.8 Å². The molecule has 8 heteroatoms. The van der Waals surface area contributed by atoms with Crippen LogP contribution >= 0.6 is 0 Å². The van der Waals surface area contributed by atoms with Gasteiger partial charge >= 0.3 is 0 Å². The molecule has 2 aromatic heterocycles. The van der Waals surface area contributed by atoms with Gasteiger partial charge in [0.15, 0.2) is 0 Å². The van der Waals surface area contributed by atoms with Gasteiger partial charge in [0.2, 0.25) is 0 Å². The second-order valence-electron chi connectivity index (χ2n) is 8.76. The molecule has 0 saturated carbocycles. The Morgan fingerprint density at radius 3 is 1.50 bits per heavy atom. The second-order valence-corrected chi connectivity index (χ2v) is 8.76. The van der Waals surface area contributed by atoms with Crippen molar-refractivity contribution in [3.63, 3.8) is 0 Å². The van der Waals surface area contributed by atoms with Crippen molar-refractivity contribution in [2.75, 3.05) is 52.6 Å². The summed E-state index contributed by atoms with van der Waals surface area (Å²) in [6.45, 7) is 15.1. The van der Waals surface area contributed by atoms with Crippen LogP contribution in [0.1, 0.15) is 51.9 Å². The molecule has 0 spiro atoms. The Morgan fingerprint density at radius 2 is 1.14 bits per heavy atom. The summed E-state index contributed by atoms with van der Waals surface area (Å²) in [5, 5.41) is 19.7. The number of hydrogen-bond donors (Lipinski definition) is 2. The highest BCUT2D eigenvalue weighted by Crippen LogP contribution is 2.08. The molecule has 2 aromatic rings. The molecular formula is C28H48N4O4. The molecule has 0 bridgehead atoms. The zero-order valence-corrected chi connectivity index (χ0v) is 22.8. The summed E-state index contributed by atoms with van der Waals surface area (Å²) >= 11 is 0. The lowest BCUT2D eigenvalue weighted by molar-refractivity contribution is 0.0135. The summed E-state index contributed by atoms with van der Waals surface area (Å²) < 4.78 is 10.7. The fraction of sp³-hybridized carbons (Fsp3) is 0.643. The molecule has 204 valence electrons. The maximum absolute atomic E-state index is 10.2. The van der Waals surface area contributed by atoms with Gasteiger partial charge in [0.25, 0.3) is 0 Å². The summed E-state index contributed by atoms with van der Waals surface area (Å²) in [4.78, 5) is 13.1. The average molecular weight is 505 g/mol. The average Bonchev–Trinajstić information content (AvgIpc) is 2.89. The van der Waals surface area contributed by atoms with Crippen molar-refractivity contribution in [2.24, 2.45) is 0 Å². The van der Waals surface area contributed by atoms with Crippen molar-refractivity contribution < 1.29 is 19.7 Å². The maximum Gasteiger partial charge on any atom is 0.0900 e. The Kier molecular flexibility index (Phi) is 18.9. The molecule has 2 N–H and O–H groups in total. The molecule has 36 heavy (non-hydrogen) atoms. The molecule has 0 radical (unpaired) electrons. The Hall–Kier alpha value is -1.94. The lowest BCUT2D eigenvalue weighted by atomic mass is 10.2. The lowest BCUT2D eigenvalue weighted by Gasteiger charge is -2.24. The van der Waals surface area contributed by atoms with E-state index in [-0.39, 0.29) is 6.10 Å². The first-order valence-corrected chi connectivity index (χ1v) is 13.3. The van der Waals surface area contributed by atoms with Gasteiger partial charge in [-0.15, -0.1) is 0 Å². The van der Waals surface area contributed by atoms with Gasteiger partial charge in [-0.3, -0.25) is 14.9 Å². The minimum absolute atomic E-state index is 0.341. The third-order valence-electron chi connectivity index (χ3n) is 5.37. The molecule has 0 aliphatic heterocycles. The number of aliphatic hydroxyl groups is 2. The molecule has 0 fully saturated rings. The van der Waals surface area contributed by atoms with Crippen molar-refractivity contribution in [1.82, 2.24) is 19.8 Å². The third kappa shape index (κ3) is 15.9. The SMILES string of the molecule is CCCOCC(O)CN(CC)CC.CCCOCC(O)CN(Cc1ccccn1)Cc1ccccn1. The van der Waals surface area contributed by atoms with Crippen LogP contribution in [0.5, 0.6) is 0 Å². The van der Waals surface area contributed by atoms with Crippen LogP contribution in [0.2, 0.25) is 0 Å². The highest BCUT2D eigenvalue weighted by atomic mass is 16.5. The van der Waals surface area contributed by atoms with E-state index in [4.69, 9.17) is 9.47 Å². The van der Waals surface area contributed by atoms with Crippen LogP contribution in [0.15, 0.2) is 48.8 Å². The lowest BCUT2D eigenvalue weighted by Crippen LogP contribution is -2.34. The highest BCUT2D eigenvalue weighted by molar-refractivity contribution is 5.06. The van der Waals surface area contributed by atoms with Crippen LogP contribution in [-0.4, -0.2) is 94.8 Å². The normalized spacial score (nSPS) is 12.9. The Morgan fingerprint density at radius 1 is 0.694 bits per heavy atom. The molecule has 0 amide bonds. The largest absolute Gasteiger partial charge is 0.389 e. The van der Waals surface area contributed by atoms with Gasteiger partial charge < -0.3 is 24.6 Å². The van der Waals surface area contributed by atoms with Gasteiger partial charge in [0.05, 0.1) is 36.8 Å². The van der Waals surface area contributed by atoms with Gasteiger partial charge in [-0.2, -0.15) is 0 Å². The topological polar surface area (TPSA) is 91.2 Å². The van der Waals surface area contributed by atoms with Crippen LogP contribution in [0, 0.1) is 0 Å². The number of likely N-dealkylation sites (N-methyl/N-ethyl adjacent to an activating group) is 1. The minimum atomic E-state index is -0.519. The molecule has 2 unspecified atom stereocenters. The Balaban J connectivity index is 0.000000426. The zero-order valence-electron chi connectivity index (χ0n) is 22.8. The maximum atomic E-state index is 10.2. The standard InChI is InChI=1S/C18H25N3O2.C10H23NO2/c1-2-11-23-15-18(22)14-21(12-16-7-3-5-9-19-16)13-17-8-4-6-10-20-17;1-4-7-13-9-10(12)8-11(5-2)6-3/h3-10,18,22H,2,11-15H2,1H3;10,12H,4-9H2,1-3H3. The smallest absolute Gasteiger partial charge is 0.0900 e. The van der Waals surface area contributed by atoms with E-state index in [0.29, 0.717) is 39.5 Å². The summed E-state index contributed by atoms with van der Waals surface area (Å²) in [7, 11) is 0. The van der Waals surface area contributed by atoms with Crippen LogP contribution in [0.25, 0.3) is 0 Å². The molecular weight excluding hydrogens is 456 g/mol. The van der Waals surface area contributed by atoms with E-state index in [0.717, 1.165) is 50.5 Å². The number of ether oxygens (including phenoxy) is 2. The molecule has 2 heterocycles. The van der Waals surface area contributed by atoms with Crippen LogP contribution in [-0.2, 0) is 22.6 Å². The molecule has 0 saturated heterocycles. The zero-order chi connectivity index (χ0) is 26.4. The summed E-state index contributed by atoms with van der Waals surface area (Å²) in [6, 6.07) is 11.7. The fourth-order valence-corrected chi connectivity index (χ4v) is 3.54. The van der Waals surface area contributed by atoms with Gasteiger partial charge in [-0.25, -0.2) is 0 Å². The monoisotopic (exact) mass is 504 g/mol. The number of hydrogen-bond acceptors (Lipinski definition) is 8. The predicted octanol–water partition coefficient (Wildman–Crippen LogP) is 3.38. The van der Waals surface area contributed by atoms with Crippen molar-refractivity contribution in [2.45, 2.75) is 65.8 Å². The molecule has 2 rings (SSSR count). The number of pyridine rings is 2. The van der Waals surface area contributed by atoms with Crippen LogP contribution in [0.3, 0.4) is 0 Å². The third-order valence-corrected chi connectivity index (χ3v) is 5.37. The van der Waals surface area contributed by atoms with E-state index in [1.807, 2.05) is 36.4 Å². The predicted molar refractivity (Wildman–Crippen MR) is 145 cm³/mol. The van der Waals surface area contributed by atoms with E-state index in [1.165, 1.54) is 0 Å². The van der Waals surface area contributed by atoms with Gasteiger partial charge in [0.1, 0.15) is 0 Å². The number of nitrogens with zero attached hydrogens (tertiary/aromatic N) is 4. The summed E-state index contributed by atoms with van der Waals surface area (Å²) in [6.07, 6.45) is 4.68. The van der Waals surface area contributed by atoms with E-state index in [9.17, 15) is 10.2 Å². The quantitative estimate of drug-likeness (QED) is 0.299. The van der Waals surface area contributed by atoms with Crippen molar-refractivity contribution in [3.8, 4) is 0 Å². The minimum Gasteiger partial charge on any atom is -0.389 e. The highest BCUT2D eigenvalue weighted by Gasteiger charge is 2.14. The summed E-state index contributed by atoms with van der Waals surface area (Å²) in [5.41, 5.74) is 1.95. The molecule has 0 aliphatic rings. The van der Waals surface area contributed by atoms with E-state index in [2.05, 4.69) is 47.5 Å². The number of rotatable bonds is 18. The van der Waals surface area contributed by atoms with Crippen LogP contribution in [0.4, 0.5) is 0 Å².